The van der Waals surface area contributed by atoms with Gasteiger partial charge in [-0.05, 0) is 13.3 Å². The summed E-state index contributed by atoms with van der Waals surface area (Å²) in [6, 6.07) is -0.148. The van der Waals surface area contributed by atoms with Gasteiger partial charge in [0.25, 0.3) is 0 Å². The monoisotopic (exact) mass is 185 g/mol. The Labute approximate surface area is 77.5 Å². The van der Waals surface area contributed by atoms with Crippen molar-refractivity contribution in [3.8, 4) is 0 Å². The molecular weight excluding hydrogens is 170 g/mol. The van der Waals surface area contributed by atoms with Gasteiger partial charge in [0.2, 0.25) is 5.91 Å². The molecule has 0 bridgehead atoms. The number of carbonyl (C=O) groups excluding carboxylic acids is 1. The van der Waals surface area contributed by atoms with Gasteiger partial charge in [-0.15, -0.1) is 0 Å². The van der Waals surface area contributed by atoms with Crippen LogP contribution in [0, 0.1) is 5.92 Å². The molecule has 0 radical (unpaired) electrons. The number of carbonyl (C=O) groups is 2. The highest BCUT2D eigenvalue weighted by Crippen LogP contribution is 2.24. The first-order valence-electron chi connectivity index (χ1n) is 4.60. The molecule has 13 heavy (non-hydrogen) atoms. The molecule has 1 fully saturated rings. The second-order valence-corrected chi connectivity index (χ2v) is 3.41. The number of hydrogen-bond acceptors (Lipinski definition) is 2. The molecule has 4 nitrogen and oxygen atoms in total. The summed E-state index contributed by atoms with van der Waals surface area (Å²) in [5.41, 5.74) is 0. The van der Waals surface area contributed by atoms with Crippen LogP contribution in [0.1, 0.15) is 26.7 Å². The summed E-state index contributed by atoms with van der Waals surface area (Å²) in [4.78, 5) is 23.7. The van der Waals surface area contributed by atoms with Crippen molar-refractivity contribution in [2.24, 2.45) is 5.92 Å². The summed E-state index contributed by atoms with van der Waals surface area (Å²) in [5, 5.41) is 8.82. The predicted molar refractivity (Wildman–Crippen MR) is 47.2 cm³/mol. The van der Waals surface area contributed by atoms with E-state index < -0.39 is 5.97 Å². The zero-order valence-corrected chi connectivity index (χ0v) is 7.99. The van der Waals surface area contributed by atoms with Crippen molar-refractivity contribution in [2.75, 3.05) is 6.54 Å². The number of nitrogens with zero attached hydrogens (tertiary/aromatic N) is 1. The van der Waals surface area contributed by atoms with E-state index in [9.17, 15) is 9.59 Å². The molecule has 1 aliphatic heterocycles. The van der Waals surface area contributed by atoms with Crippen molar-refractivity contribution in [1.82, 2.24) is 4.90 Å². The van der Waals surface area contributed by atoms with Crippen LogP contribution in [0.3, 0.4) is 0 Å². The van der Waals surface area contributed by atoms with Crippen LogP contribution < -0.4 is 0 Å². The molecule has 1 heterocycles. The highest BCUT2D eigenvalue weighted by atomic mass is 16.4. The van der Waals surface area contributed by atoms with Crippen molar-refractivity contribution in [1.29, 1.82) is 0 Å². The maximum atomic E-state index is 11.3. The van der Waals surface area contributed by atoms with E-state index in [1.54, 1.807) is 18.7 Å². The van der Waals surface area contributed by atoms with Gasteiger partial charge in [-0.2, -0.15) is 0 Å². The SMILES string of the molecule is CCC(=O)N1CCC(C(=O)O)C1C. The standard InChI is InChI=1S/C9H15NO3/c1-3-8(11)10-5-4-7(6(10)2)9(12)13/h6-7H,3-5H2,1-2H3,(H,12,13). The fourth-order valence-corrected chi connectivity index (χ4v) is 1.82. The van der Waals surface area contributed by atoms with Gasteiger partial charge < -0.3 is 10.0 Å². The molecule has 74 valence electrons. The molecule has 1 N–H and O–H groups in total. The quantitative estimate of drug-likeness (QED) is 0.689. The Morgan fingerprint density at radius 3 is 2.54 bits per heavy atom. The zero-order valence-electron chi connectivity index (χ0n) is 7.99. The van der Waals surface area contributed by atoms with Crippen molar-refractivity contribution < 1.29 is 14.7 Å². The normalized spacial score (nSPS) is 27.7. The minimum atomic E-state index is -0.793. The highest BCUT2D eigenvalue weighted by molar-refractivity contribution is 5.79. The van der Waals surface area contributed by atoms with Gasteiger partial charge >= 0.3 is 5.97 Å². The third-order valence-electron chi connectivity index (χ3n) is 2.69. The number of amides is 1. The fourth-order valence-electron chi connectivity index (χ4n) is 1.82. The molecule has 0 aromatic rings. The maximum absolute atomic E-state index is 11.3. The first-order valence-corrected chi connectivity index (χ1v) is 4.60. The zero-order chi connectivity index (χ0) is 10.0. The molecule has 0 aromatic heterocycles. The molecule has 1 saturated heterocycles. The second-order valence-electron chi connectivity index (χ2n) is 3.41. The Bertz CT molecular complexity index is 227. The first kappa shape index (κ1) is 10.0. The maximum Gasteiger partial charge on any atom is 0.308 e. The molecule has 1 rings (SSSR count). The average Bonchev–Trinajstić information content (AvgIpc) is 2.46. The van der Waals surface area contributed by atoms with Crippen molar-refractivity contribution in [3.05, 3.63) is 0 Å². The lowest BCUT2D eigenvalue weighted by atomic mass is 10.0. The molecule has 2 unspecified atom stereocenters. The van der Waals surface area contributed by atoms with Crippen LogP contribution in [0.25, 0.3) is 0 Å². The van der Waals surface area contributed by atoms with Gasteiger partial charge in [0.1, 0.15) is 0 Å². The van der Waals surface area contributed by atoms with Gasteiger partial charge in [0.05, 0.1) is 5.92 Å². The van der Waals surface area contributed by atoms with Crippen LogP contribution in [0.2, 0.25) is 0 Å². The summed E-state index contributed by atoms with van der Waals surface area (Å²) in [6.45, 7) is 4.19. The van der Waals surface area contributed by atoms with Crippen molar-refractivity contribution in [2.45, 2.75) is 32.7 Å². The largest absolute Gasteiger partial charge is 0.481 e. The summed E-state index contributed by atoms with van der Waals surface area (Å²) >= 11 is 0. The van der Waals surface area contributed by atoms with E-state index in [4.69, 9.17) is 5.11 Å². The second kappa shape index (κ2) is 3.77. The summed E-state index contributed by atoms with van der Waals surface area (Å²) in [7, 11) is 0. The lowest BCUT2D eigenvalue weighted by Gasteiger charge is -2.22. The van der Waals surface area contributed by atoms with Crippen molar-refractivity contribution in [3.63, 3.8) is 0 Å². The molecule has 0 aliphatic carbocycles. The van der Waals surface area contributed by atoms with Crippen molar-refractivity contribution >= 4 is 11.9 Å². The molecule has 4 heteroatoms. The van der Waals surface area contributed by atoms with Gasteiger partial charge in [0.15, 0.2) is 0 Å². The number of rotatable bonds is 2. The van der Waals surface area contributed by atoms with Crippen LogP contribution in [0.4, 0.5) is 0 Å². The van der Waals surface area contributed by atoms with Gasteiger partial charge in [-0.3, -0.25) is 9.59 Å². The van der Waals surface area contributed by atoms with E-state index in [2.05, 4.69) is 0 Å². The third kappa shape index (κ3) is 1.82. The lowest BCUT2D eigenvalue weighted by Crippen LogP contribution is -2.37. The molecule has 2 atom stereocenters. The highest BCUT2D eigenvalue weighted by Gasteiger charge is 2.37. The van der Waals surface area contributed by atoms with E-state index in [1.807, 2.05) is 0 Å². The Morgan fingerprint density at radius 2 is 2.15 bits per heavy atom. The number of hydrogen-bond donors (Lipinski definition) is 1. The Hall–Kier alpha value is -1.06. The molecular formula is C9H15NO3. The van der Waals surface area contributed by atoms with E-state index in [-0.39, 0.29) is 17.9 Å². The topological polar surface area (TPSA) is 57.6 Å². The van der Waals surface area contributed by atoms with Crippen LogP contribution in [0.5, 0.6) is 0 Å². The first-order chi connectivity index (χ1) is 6.07. The van der Waals surface area contributed by atoms with E-state index >= 15 is 0 Å². The van der Waals surface area contributed by atoms with Crippen LogP contribution in [0.15, 0.2) is 0 Å². The average molecular weight is 185 g/mol. The van der Waals surface area contributed by atoms with Gasteiger partial charge in [0, 0.05) is 19.0 Å². The van der Waals surface area contributed by atoms with Gasteiger partial charge in [-0.1, -0.05) is 6.92 Å². The Balaban J connectivity index is 2.65. The van der Waals surface area contributed by atoms with Crippen LogP contribution in [-0.2, 0) is 9.59 Å². The number of carboxylic acids is 1. The predicted octanol–water partition coefficient (Wildman–Crippen LogP) is 0.718. The molecule has 0 aromatic carbocycles. The Morgan fingerprint density at radius 1 is 1.54 bits per heavy atom. The minimum absolute atomic E-state index is 0.0521. The molecule has 0 saturated carbocycles. The number of aliphatic carboxylic acids is 1. The molecule has 1 aliphatic rings. The summed E-state index contributed by atoms with van der Waals surface area (Å²) in [6.07, 6.45) is 1.04. The Kier molecular flexibility index (Phi) is 2.90. The van der Waals surface area contributed by atoms with E-state index in [0.717, 1.165) is 0 Å². The fraction of sp³-hybridized carbons (Fsp3) is 0.778. The summed E-state index contributed by atoms with van der Waals surface area (Å²) < 4.78 is 0. The molecule has 0 spiro atoms. The number of likely N-dealkylation sites (tertiary alicyclic amines) is 1. The third-order valence-corrected chi connectivity index (χ3v) is 2.69. The lowest BCUT2D eigenvalue weighted by molar-refractivity contribution is -0.143. The smallest absolute Gasteiger partial charge is 0.308 e. The molecule has 1 amide bonds. The summed E-state index contributed by atoms with van der Waals surface area (Å²) in [5.74, 6) is -1.12. The number of carboxylic acid groups (broad SMARTS) is 1. The van der Waals surface area contributed by atoms with E-state index in [1.165, 1.54) is 0 Å². The van der Waals surface area contributed by atoms with Crippen LogP contribution >= 0.6 is 0 Å². The minimum Gasteiger partial charge on any atom is -0.481 e. The van der Waals surface area contributed by atoms with E-state index in [0.29, 0.717) is 19.4 Å². The van der Waals surface area contributed by atoms with Crippen LogP contribution in [-0.4, -0.2) is 34.5 Å². The van der Waals surface area contributed by atoms with Gasteiger partial charge in [-0.25, -0.2) is 0 Å².